The number of carbonyl (C=O) groups excluding carboxylic acids is 3. The molecule has 1 unspecified atom stereocenters. The van der Waals surface area contributed by atoms with Gasteiger partial charge in [0.2, 0.25) is 5.91 Å². The van der Waals surface area contributed by atoms with E-state index in [-0.39, 0.29) is 16.3 Å². The number of esters is 1. The first-order chi connectivity index (χ1) is 14.4. The fourth-order valence-corrected chi connectivity index (χ4v) is 3.62. The number of carbonyl (C=O) groups is 4. The first-order valence-corrected chi connectivity index (χ1v) is 9.39. The van der Waals surface area contributed by atoms with Crippen molar-refractivity contribution in [2.75, 3.05) is 6.54 Å². The number of hydrazine groups is 1. The molecule has 3 rings (SSSR count). The summed E-state index contributed by atoms with van der Waals surface area (Å²) in [5.41, 5.74) is 10.4. The van der Waals surface area contributed by atoms with Gasteiger partial charge in [-0.2, -0.15) is 0 Å². The second kappa shape index (κ2) is 9.11. The van der Waals surface area contributed by atoms with Crippen molar-refractivity contribution in [3.63, 3.8) is 0 Å². The molecule has 154 valence electrons. The molecule has 2 aromatic carbocycles. The molecule has 30 heavy (non-hydrogen) atoms. The zero-order valence-electron chi connectivity index (χ0n) is 15.3. The number of carboxylic acids is 1. The summed E-state index contributed by atoms with van der Waals surface area (Å²) < 4.78 is 5.78. The molecule has 0 aliphatic rings. The number of nitrogens with zero attached hydrogens (tertiary/aromatic N) is 1. The predicted octanol–water partition coefficient (Wildman–Crippen LogP) is 0.790. The topological polar surface area (TPSA) is 161 Å². The summed E-state index contributed by atoms with van der Waals surface area (Å²) in [7, 11) is 0. The van der Waals surface area contributed by atoms with Gasteiger partial charge >= 0.3 is 11.9 Å². The number of nitrogens with one attached hydrogen (secondary N) is 2. The molecule has 0 spiro atoms. The fraction of sp³-hybridized carbons (Fsp3) is 0.105. The summed E-state index contributed by atoms with van der Waals surface area (Å²) in [6.07, 6.45) is 0. The maximum Gasteiger partial charge on any atom is 0.339 e. The molecule has 10 nitrogen and oxygen atoms in total. The lowest BCUT2D eigenvalue weighted by atomic mass is 10.1. The molecule has 0 fully saturated rings. The number of ether oxygens (including phenoxy) is 1. The van der Waals surface area contributed by atoms with Gasteiger partial charge in [-0.1, -0.05) is 24.3 Å². The van der Waals surface area contributed by atoms with Crippen LogP contribution >= 0.6 is 11.3 Å². The van der Waals surface area contributed by atoms with Gasteiger partial charge in [0, 0.05) is 0 Å². The van der Waals surface area contributed by atoms with Crippen molar-refractivity contribution in [3.05, 3.63) is 59.1 Å². The summed E-state index contributed by atoms with van der Waals surface area (Å²) in [5, 5.41) is 9.31. The van der Waals surface area contributed by atoms with Gasteiger partial charge in [-0.15, -0.1) is 11.3 Å². The highest BCUT2D eigenvalue weighted by Crippen LogP contribution is 2.27. The number of nitrogens with two attached hydrogens (primary N) is 1. The second-order valence-corrected chi connectivity index (χ2v) is 7.04. The highest BCUT2D eigenvalue weighted by molar-refractivity contribution is 7.18. The minimum atomic E-state index is -1.35. The van der Waals surface area contributed by atoms with Crippen LogP contribution in [0.25, 0.3) is 10.2 Å². The van der Waals surface area contributed by atoms with Gasteiger partial charge in [-0.3, -0.25) is 19.8 Å². The van der Waals surface area contributed by atoms with E-state index in [1.165, 1.54) is 24.3 Å². The van der Waals surface area contributed by atoms with Crippen LogP contribution in [0.1, 0.15) is 21.3 Å². The molecule has 11 heteroatoms. The standard InChI is InChI=1S/C19H16N4O6S/c20-16(25)15(18-22-11-6-2-4-8-13(11)30-18)17(26)23-21-9-14(24)29-12-7-3-1-5-10(12)19(27)28/h1-8,15,21H,9H2,(H2,20,25)(H,23,26)(H,27,28). The Kier molecular flexibility index (Phi) is 6.35. The summed E-state index contributed by atoms with van der Waals surface area (Å²) in [5.74, 6) is -5.27. The van der Waals surface area contributed by atoms with Crippen LogP contribution < -0.4 is 21.3 Å². The molecule has 1 heterocycles. The number of primary amides is 1. The molecule has 0 radical (unpaired) electrons. The Morgan fingerprint density at radius 1 is 1.10 bits per heavy atom. The van der Waals surface area contributed by atoms with E-state index in [1.807, 2.05) is 0 Å². The fourth-order valence-electron chi connectivity index (χ4n) is 2.54. The molecule has 1 aromatic heterocycles. The second-order valence-electron chi connectivity index (χ2n) is 5.97. The average Bonchev–Trinajstić information content (AvgIpc) is 3.11. The van der Waals surface area contributed by atoms with Gasteiger partial charge in [-0.05, 0) is 24.3 Å². The number of benzene rings is 2. The summed E-state index contributed by atoms with van der Waals surface area (Å²) in [4.78, 5) is 51.5. The van der Waals surface area contributed by atoms with E-state index in [0.717, 1.165) is 16.0 Å². The zero-order chi connectivity index (χ0) is 21.7. The largest absolute Gasteiger partial charge is 0.478 e. The Bertz CT molecular complexity index is 1100. The third-order valence-corrected chi connectivity index (χ3v) is 4.99. The zero-order valence-corrected chi connectivity index (χ0v) is 16.1. The number of para-hydroxylation sites is 2. The van der Waals surface area contributed by atoms with E-state index in [9.17, 15) is 19.2 Å². The molecule has 1 atom stereocenters. The number of amides is 2. The first-order valence-electron chi connectivity index (χ1n) is 8.57. The monoisotopic (exact) mass is 428 g/mol. The van der Waals surface area contributed by atoms with Gasteiger partial charge in [0.05, 0.1) is 10.2 Å². The van der Waals surface area contributed by atoms with Crippen molar-refractivity contribution in [3.8, 4) is 5.75 Å². The number of hydrogen-bond donors (Lipinski definition) is 4. The molecule has 0 bridgehead atoms. The van der Waals surface area contributed by atoms with E-state index in [4.69, 9.17) is 15.6 Å². The smallest absolute Gasteiger partial charge is 0.339 e. The molecule has 0 saturated heterocycles. The number of rotatable bonds is 8. The lowest BCUT2D eigenvalue weighted by molar-refractivity contribution is -0.134. The quantitative estimate of drug-likeness (QED) is 0.177. The Labute approximate surface area is 173 Å². The minimum absolute atomic E-state index is 0.132. The van der Waals surface area contributed by atoms with E-state index < -0.39 is 36.2 Å². The third kappa shape index (κ3) is 4.77. The molecule has 0 aliphatic carbocycles. The van der Waals surface area contributed by atoms with Crippen molar-refractivity contribution < 1.29 is 29.0 Å². The summed E-state index contributed by atoms with van der Waals surface area (Å²) in [6, 6.07) is 12.8. The number of fused-ring (bicyclic) bond motifs is 1. The molecule has 2 amide bonds. The van der Waals surface area contributed by atoms with Crippen molar-refractivity contribution in [1.29, 1.82) is 0 Å². The van der Waals surface area contributed by atoms with Crippen molar-refractivity contribution in [2.24, 2.45) is 5.73 Å². The minimum Gasteiger partial charge on any atom is -0.478 e. The van der Waals surface area contributed by atoms with Gasteiger partial charge in [-0.25, -0.2) is 15.2 Å². The molecule has 5 N–H and O–H groups in total. The van der Waals surface area contributed by atoms with Crippen LogP contribution in [0.4, 0.5) is 0 Å². The molecule has 0 saturated carbocycles. The Morgan fingerprint density at radius 3 is 2.50 bits per heavy atom. The van der Waals surface area contributed by atoms with E-state index in [2.05, 4.69) is 15.8 Å². The Morgan fingerprint density at radius 2 is 1.80 bits per heavy atom. The third-order valence-electron chi connectivity index (χ3n) is 3.89. The van der Waals surface area contributed by atoms with Crippen LogP contribution in [0.5, 0.6) is 5.75 Å². The molecular weight excluding hydrogens is 412 g/mol. The number of thiazole rings is 1. The lowest BCUT2D eigenvalue weighted by Crippen LogP contribution is -2.46. The van der Waals surface area contributed by atoms with Crippen molar-refractivity contribution in [1.82, 2.24) is 15.8 Å². The number of hydrogen-bond acceptors (Lipinski definition) is 8. The number of aromatic carboxylic acids is 1. The molecular formula is C19H16N4O6S. The normalized spacial score (nSPS) is 11.6. The summed E-state index contributed by atoms with van der Waals surface area (Å²) in [6.45, 7) is -0.481. The highest BCUT2D eigenvalue weighted by Gasteiger charge is 2.30. The maximum absolute atomic E-state index is 12.4. The predicted molar refractivity (Wildman–Crippen MR) is 107 cm³/mol. The van der Waals surface area contributed by atoms with E-state index in [0.29, 0.717) is 5.52 Å². The van der Waals surface area contributed by atoms with Gasteiger partial charge in [0.25, 0.3) is 5.91 Å². The van der Waals surface area contributed by atoms with Crippen LogP contribution in [-0.2, 0) is 14.4 Å². The van der Waals surface area contributed by atoms with Gasteiger partial charge in [0.1, 0.15) is 22.9 Å². The average molecular weight is 428 g/mol. The van der Waals surface area contributed by atoms with Crippen molar-refractivity contribution >= 4 is 45.3 Å². The number of aromatic nitrogens is 1. The SMILES string of the molecule is NC(=O)C(C(=O)NNCC(=O)Oc1ccccc1C(=O)O)c1nc2ccccc2s1. The van der Waals surface area contributed by atoms with Crippen LogP contribution in [-0.4, -0.2) is 40.4 Å². The van der Waals surface area contributed by atoms with Crippen molar-refractivity contribution in [2.45, 2.75) is 5.92 Å². The first kappa shape index (κ1) is 20.9. The van der Waals surface area contributed by atoms with E-state index in [1.54, 1.807) is 24.3 Å². The van der Waals surface area contributed by atoms with Gasteiger partial charge < -0.3 is 15.6 Å². The molecule has 3 aromatic rings. The molecule has 0 aliphatic heterocycles. The highest BCUT2D eigenvalue weighted by atomic mass is 32.1. The van der Waals surface area contributed by atoms with E-state index >= 15 is 0 Å². The number of carboxylic acid groups (broad SMARTS) is 1. The van der Waals surface area contributed by atoms with Gasteiger partial charge in [0.15, 0.2) is 5.92 Å². The van der Waals surface area contributed by atoms with Crippen LogP contribution in [0.15, 0.2) is 48.5 Å². The Hall–Kier alpha value is -3.83. The maximum atomic E-state index is 12.4. The Balaban J connectivity index is 1.60. The lowest BCUT2D eigenvalue weighted by Gasteiger charge is -2.12. The van der Waals surface area contributed by atoms with Crippen LogP contribution in [0, 0.1) is 0 Å². The van der Waals surface area contributed by atoms with Crippen LogP contribution in [0.2, 0.25) is 0 Å². The van der Waals surface area contributed by atoms with Crippen LogP contribution in [0.3, 0.4) is 0 Å². The summed E-state index contributed by atoms with van der Waals surface area (Å²) >= 11 is 1.16.